The highest BCUT2D eigenvalue weighted by Crippen LogP contribution is 2.28. The summed E-state index contributed by atoms with van der Waals surface area (Å²) in [5.41, 5.74) is 3.63. The Balaban J connectivity index is 1.46. The summed E-state index contributed by atoms with van der Waals surface area (Å²) >= 11 is 0. The summed E-state index contributed by atoms with van der Waals surface area (Å²) in [7, 11) is 1.59. The van der Waals surface area contributed by atoms with Crippen molar-refractivity contribution < 1.29 is 23.5 Å². The van der Waals surface area contributed by atoms with Crippen LogP contribution in [0.3, 0.4) is 0 Å². The van der Waals surface area contributed by atoms with Crippen molar-refractivity contribution in [2.75, 3.05) is 43.6 Å². The maximum Gasteiger partial charge on any atom is 0.251 e. The largest absolute Gasteiger partial charge is 0.497 e. The van der Waals surface area contributed by atoms with Crippen LogP contribution in [0, 0.1) is 5.82 Å². The Morgan fingerprint density at radius 3 is 2.29 bits per heavy atom. The van der Waals surface area contributed by atoms with Gasteiger partial charge in [-0.05, 0) is 65.2 Å². The molecule has 2 amide bonds. The lowest BCUT2D eigenvalue weighted by atomic mass is 10.0. The second kappa shape index (κ2) is 13.8. The van der Waals surface area contributed by atoms with Gasteiger partial charge in [0.25, 0.3) is 5.91 Å². The summed E-state index contributed by atoms with van der Waals surface area (Å²) in [4.78, 5) is 31.7. The van der Waals surface area contributed by atoms with E-state index < -0.39 is 17.8 Å². The first-order valence-electron chi connectivity index (χ1n) is 14.0. The smallest absolute Gasteiger partial charge is 0.251 e. The second-order valence-corrected chi connectivity index (χ2v) is 10.1. The Kier molecular flexibility index (Phi) is 9.46. The molecule has 1 aliphatic heterocycles. The van der Waals surface area contributed by atoms with Crippen molar-refractivity contribution >= 4 is 23.2 Å². The number of halogens is 1. The van der Waals surface area contributed by atoms with Crippen molar-refractivity contribution in [1.82, 2.24) is 4.90 Å². The fraction of sp³-hybridized carbons (Fsp3) is 0.235. The molecular formula is C34H34FN3O4. The lowest BCUT2D eigenvalue weighted by Gasteiger charge is -2.32. The van der Waals surface area contributed by atoms with E-state index in [2.05, 4.69) is 10.2 Å². The predicted molar refractivity (Wildman–Crippen MR) is 161 cm³/mol. The van der Waals surface area contributed by atoms with Crippen LogP contribution < -0.4 is 15.0 Å². The maximum absolute atomic E-state index is 14.5. The lowest BCUT2D eigenvalue weighted by molar-refractivity contribution is -0.139. The molecule has 5 rings (SSSR count). The Morgan fingerprint density at radius 1 is 0.905 bits per heavy atom. The third kappa shape index (κ3) is 7.33. The second-order valence-electron chi connectivity index (χ2n) is 10.1. The fourth-order valence-electron chi connectivity index (χ4n) is 5.06. The summed E-state index contributed by atoms with van der Waals surface area (Å²) in [6, 6.07) is 29.0. The number of nitrogens with zero attached hydrogens (tertiary/aromatic N) is 2. The average molecular weight is 568 g/mol. The number of carbonyl (C=O) groups excluding carboxylic acids is 2. The SMILES string of the molecule is COc1ccc(CN(C(=O)Cc2ccccc2)C(C(=O)Nc2ccc(N3CCOCC3)cc2)c2cccc(F)c2)cc1. The molecule has 1 unspecified atom stereocenters. The van der Waals surface area contributed by atoms with Crippen LogP contribution in [-0.2, 0) is 27.3 Å². The summed E-state index contributed by atoms with van der Waals surface area (Å²) in [5.74, 6) is -0.500. The molecule has 42 heavy (non-hydrogen) atoms. The molecule has 0 aromatic heterocycles. The monoisotopic (exact) mass is 567 g/mol. The third-order valence-corrected chi connectivity index (χ3v) is 7.27. The molecular weight excluding hydrogens is 533 g/mol. The van der Waals surface area contributed by atoms with Crippen LogP contribution in [0.2, 0.25) is 0 Å². The highest BCUT2D eigenvalue weighted by atomic mass is 19.1. The van der Waals surface area contributed by atoms with Gasteiger partial charge in [0.15, 0.2) is 0 Å². The Hall–Kier alpha value is -4.69. The Labute approximate surface area is 245 Å². The van der Waals surface area contributed by atoms with Crippen molar-refractivity contribution in [1.29, 1.82) is 0 Å². The van der Waals surface area contributed by atoms with Gasteiger partial charge in [-0.25, -0.2) is 4.39 Å². The van der Waals surface area contributed by atoms with Crippen molar-refractivity contribution in [3.63, 3.8) is 0 Å². The van der Waals surface area contributed by atoms with E-state index in [1.165, 1.54) is 17.0 Å². The molecule has 1 aliphatic rings. The van der Waals surface area contributed by atoms with Crippen molar-refractivity contribution in [2.45, 2.75) is 19.0 Å². The summed E-state index contributed by atoms with van der Waals surface area (Å²) in [6.07, 6.45) is 0.0876. The predicted octanol–water partition coefficient (Wildman–Crippen LogP) is 5.62. The van der Waals surface area contributed by atoms with Gasteiger partial charge in [-0.1, -0.05) is 54.6 Å². The first-order valence-corrected chi connectivity index (χ1v) is 14.0. The fourth-order valence-corrected chi connectivity index (χ4v) is 5.06. The van der Waals surface area contributed by atoms with Crippen LogP contribution in [0.25, 0.3) is 0 Å². The highest BCUT2D eigenvalue weighted by Gasteiger charge is 2.32. The molecule has 1 N–H and O–H groups in total. The van der Waals surface area contributed by atoms with E-state index in [1.807, 2.05) is 78.9 Å². The molecule has 8 heteroatoms. The van der Waals surface area contributed by atoms with Crippen LogP contribution in [-0.4, -0.2) is 50.1 Å². The van der Waals surface area contributed by atoms with Gasteiger partial charge in [-0.15, -0.1) is 0 Å². The number of morpholine rings is 1. The number of anilines is 2. The molecule has 0 saturated carbocycles. The van der Waals surface area contributed by atoms with Gasteiger partial charge in [0.2, 0.25) is 5.91 Å². The minimum absolute atomic E-state index is 0.0876. The number of carbonyl (C=O) groups is 2. The molecule has 0 radical (unpaired) electrons. The van der Waals surface area contributed by atoms with Gasteiger partial charge < -0.3 is 24.6 Å². The van der Waals surface area contributed by atoms with Crippen LogP contribution in [0.1, 0.15) is 22.7 Å². The molecule has 4 aromatic carbocycles. The molecule has 0 aliphatic carbocycles. The number of hydrogen-bond donors (Lipinski definition) is 1. The number of hydrogen-bond acceptors (Lipinski definition) is 5. The molecule has 1 fully saturated rings. The maximum atomic E-state index is 14.5. The van der Waals surface area contributed by atoms with Crippen LogP contribution in [0.15, 0.2) is 103 Å². The first kappa shape index (κ1) is 28.8. The normalized spacial score (nSPS) is 13.7. The zero-order valence-corrected chi connectivity index (χ0v) is 23.5. The highest BCUT2D eigenvalue weighted by molar-refractivity contribution is 5.98. The zero-order chi connectivity index (χ0) is 29.3. The van der Waals surface area contributed by atoms with Gasteiger partial charge in [0.1, 0.15) is 17.6 Å². The van der Waals surface area contributed by atoms with E-state index >= 15 is 0 Å². The van der Waals surface area contributed by atoms with Gasteiger partial charge in [0.05, 0.1) is 26.7 Å². The van der Waals surface area contributed by atoms with Crippen molar-refractivity contribution in [3.8, 4) is 5.75 Å². The van der Waals surface area contributed by atoms with Gasteiger partial charge >= 0.3 is 0 Å². The van der Waals surface area contributed by atoms with Gasteiger partial charge in [-0.2, -0.15) is 0 Å². The van der Waals surface area contributed by atoms with Gasteiger partial charge in [-0.3, -0.25) is 9.59 Å². The first-order chi connectivity index (χ1) is 20.5. The van der Waals surface area contributed by atoms with Crippen molar-refractivity contribution in [2.24, 2.45) is 0 Å². The summed E-state index contributed by atoms with van der Waals surface area (Å²) in [6.45, 7) is 3.10. The molecule has 1 atom stereocenters. The molecule has 0 bridgehead atoms. The molecule has 1 heterocycles. The van der Waals surface area contributed by atoms with E-state index in [1.54, 1.807) is 19.2 Å². The molecule has 216 valence electrons. The van der Waals surface area contributed by atoms with E-state index in [4.69, 9.17) is 9.47 Å². The number of rotatable bonds is 10. The van der Waals surface area contributed by atoms with E-state index in [0.29, 0.717) is 30.2 Å². The zero-order valence-electron chi connectivity index (χ0n) is 23.5. The number of methoxy groups -OCH3 is 1. The topological polar surface area (TPSA) is 71.1 Å². The molecule has 4 aromatic rings. The minimum Gasteiger partial charge on any atom is -0.497 e. The minimum atomic E-state index is -1.09. The number of benzene rings is 4. The van der Waals surface area contributed by atoms with Crippen LogP contribution >= 0.6 is 0 Å². The molecule has 7 nitrogen and oxygen atoms in total. The number of nitrogens with one attached hydrogen (secondary N) is 1. The molecule has 0 spiro atoms. The Bertz CT molecular complexity index is 1470. The van der Waals surface area contributed by atoms with Crippen molar-refractivity contribution in [3.05, 3.63) is 126 Å². The van der Waals surface area contributed by atoms with Crippen LogP contribution in [0.4, 0.5) is 15.8 Å². The average Bonchev–Trinajstić information content (AvgIpc) is 3.02. The van der Waals surface area contributed by atoms with E-state index in [-0.39, 0.29) is 18.9 Å². The van der Waals surface area contributed by atoms with Crippen LogP contribution in [0.5, 0.6) is 5.75 Å². The number of amides is 2. The van der Waals surface area contributed by atoms with E-state index in [9.17, 15) is 14.0 Å². The van der Waals surface area contributed by atoms with Gasteiger partial charge in [0, 0.05) is 31.0 Å². The number of ether oxygens (including phenoxy) is 2. The summed E-state index contributed by atoms with van der Waals surface area (Å²) in [5, 5.41) is 2.97. The van der Waals surface area contributed by atoms with E-state index in [0.717, 1.165) is 29.9 Å². The molecule has 1 saturated heterocycles. The lowest BCUT2D eigenvalue weighted by Crippen LogP contribution is -2.41. The summed E-state index contributed by atoms with van der Waals surface area (Å²) < 4.78 is 25.2. The quantitative estimate of drug-likeness (QED) is 0.269. The Morgan fingerprint density at radius 2 is 1.62 bits per heavy atom. The third-order valence-electron chi connectivity index (χ3n) is 7.27. The standard InChI is InChI=1S/C34H34FN3O4/c1-41-31-16-10-26(11-17-31)24-38(32(39)22-25-6-3-2-4-7-25)33(27-8-5-9-28(35)23-27)34(40)36-29-12-14-30(15-13-29)37-18-20-42-21-19-37/h2-17,23,33H,18-22,24H2,1H3,(H,36,40).